The van der Waals surface area contributed by atoms with Gasteiger partial charge >= 0.3 is 5.97 Å². The minimum Gasteiger partial charge on any atom is -0.449 e. The van der Waals surface area contributed by atoms with Crippen molar-refractivity contribution in [2.45, 2.75) is 26.9 Å². The molecule has 0 aromatic carbocycles. The summed E-state index contributed by atoms with van der Waals surface area (Å²) in [6.45, 7) is 5.10. The van der Waals surface area contributed by atoms with Crippen molar-refractivity contribution in [2.24, 2.45) is 0 Å². The molecule has 114 valence electrons. The van der Waals surface area contributed by atoms with Crippen LogP contribution in [0.25, 0.3) is 4.96 Å². The fourth-order valence-electron chi connectivity index (χ4n) is 1.89. The Labute approximate surface area is 128 Å². The van der Waals surface area contributed by atoms with Crippen LogP contribution in [0.15, 0.2) is 21.7 Å². The van der Waals surface area contributed by atoms with Gasteiger partial charge in [-0.1, -0.05) is 5.16 Å². The topological polar surface area (TPSA) is 99.6 Å². The van der Waals surface area contributed by atoms with Crippen LogP contribution in [0.4, 0.5) is 0 Å². The average Bonchev–Trinajstić information content (AvgIpc) is 3.04. The van der Waals surface area contributed by atoms with Crippen molar-refractivity contribution >= 4 is 22.3 Å². The summed E-state index contributed by atoms with van der Waals surface area (Å²) in [6.07, 6.45) is 2.11. The molecule has 0 saturated carbocycles. The summed E-state index contributed by atoms with van der Waals surface area (Å²) in [6, 6.07) is 0. The van der Waals surface area contributed by atoms with Crippen LogP contribution in [0.1, 0.15) is 40.0 Å². The van der Waals surface area contributed by atoms with E-state index in [2.05, 4.69) is 15.1 Å². The normalized spacial score (nSPS) is 12.5. The largest absolute Gasteiger partial charge is 0.449 e. The number of nitrogens with zero attached hydrogens (tertiary/aromatic N) is 4. The van der Waals surface area contributed by atoms with Crippen molar-refractivity contribution in [3.63, 3.8) is 0 Å². The summed E-state index contributed by atoms with van der Waals surface area (Å²) in [5.74, 6) is -0.166. The van der Waals surface area contributed by atoms with Gasteiger partial charge in [0.15, 0.2) is 16.9 Å². The van der Waals surface area contributed by atoms with Gasteiger partial charge in [0.25, 0.3) is 11.4 Å². The Hall–Kier alpha value is -2.55. The lowest BCUT2D eigenvalue weighted by atomic mass is 10.3. The standard InChI is InChI=1S/C13H12N4O4S/c1-6-5-17-11(18)9(4-14-13(17)22-6)12(19)20-7(2)10-15-8(3)16-21-10/h4-5,7H,1-3H3/t7-/m0/s1. The molecule has 3 heterocycles. The molecule has 0 aliphatic heterocycles. The zero-order valence-corrected chi connectivity index (χ0v) is 12.9. The van der Waals surface area contributed by atoms with Crippen LogP contribution in [0.3, 0.4) is 0 Å². The fraction of sp³-hybridized carbons (Fsp3) is 0.308. The van der Waals surface area contributed by atoms with E-state index < -0.39 is 17.6 Å². The van der Waals surface area contributed by atoms with Crippen molar-refractivity contribution in [2.75, 3.05) is 0 Å². The van der Waals surface area contributed by atoms with E-state index in [0.29, 0.717) is 10.8 Å². The molecule has 0 aliphatic carbocycles. The summed E-state index contributed by atoms with van der Waals surface area (Å²) in [5.41, 5.74) is -0.605. The van der Waals surface area contributed by atoms with Gasteiger partial charge in [-0.05, 0) is 20.8 Å². The zero-order valence-electron chi connectivity index (χ0n) is 12.1. The maximum Gasteiger partial charge on any atom is 0.346 e. The number of hydrogen-bond donors (Lipinski definition) is 0. The van der Waals surface area contributed by atoms with Gasteiger partial charge in [-0.15, -0.1) is 11.3 Å². The predicted octanol–water partition coefficient (Wildman–Crippen LogP) is 1.67. The molecule has 3 aromatic rings. The van der Waals surface area contributed by atoms with Gasteiger partial charge in [0.05, 0.1) is 6.20 Å². The molecular weight excluding hydrogens is 308 g/mol. The molecule has 22 heavy (non-hydrogen) atoms. The number of carbonyl (C=O) groups excluding carboxylic acids is 1. The summed E-state index contributed by atoms with van der Waals surface area (Å²) < 4.78 is 11.4. The first kappa shape index (κ1) is 14.4. The number of esters is 1. The van der Waals surface area contributed by atoms with Crippen molar-refractivity contribution in [3.8, 4) is 0 Å². The number of aryl methyl sites for hydroxylation is 2. The summed E-state index contributed by atoms with van der Waals surface area (Å²) in [4.78, 5) is 34.0. The number of thiazole rings is 1. The van der Waals surface area contributed by atoms with Crippen LogP contribution in [0.2, 0.25) is 0 Å². The summed E-state index contributed by atoms with van der Waals surface area (Å²) >= 11 is 1.37. The Morgan fingerprint density at radius 2 is 2.23 bits per heavy atom. The summed E-state index contributed by atoms with van der Waals surface area (Å²) in [5, 5.41) is 3.62. The van der Waals surface area contributed by atoms with Gasteiger partial charge in [-0.3, -0.25) is 9.20 Å². The highest BCUT2D eigenvalue weighted by Crippen LogP contribution is 2.17. The lowest BCUT2D eigenvalue weighted by Crippen LogP contribution is -2.23. The molecule has 1 atom stereocenters. The van der Waals surface area contributed by atoms with E-state index in [1.807, 2.05) is 6.92 Å². The molecule has 3 aromatic heterocycles. The third-order valence-corrected chi connectivity index (χ3v) is 3.83. The van der Waals surface area contributed by atoms with Gasteiger partial charge in [0.1, 0.15) is 5.56 Å². The highest BCUT2D eigenvalue weighted by atomic mass is 32.1. The Balaban J connectivity index is 1.89. The lowest BCUT2D eigenvalue weighted by Gasteiger charge is -2.08. The maximum atomic E-state index is 12.3. The average molecular weight is 320 g/mol. The van der Waals surface area contributed by atoms with Gasteiger partial charge in [0.2, 0.25) is 0 Å². The molecule has 0 amide bonds. The van der Waals surface area contributed by atoms with Crippen LogP contribution in [-0.4, -0.2) is 25.5 Å². The second-order valence-electron chi connectivity index (χ2n) is 4.70. The van der Waals surface area contributed by atoms with E-state index in [9.17, 15) is 9.59 Å². The van der Waals surface area contributed by atoms with E-state index in [1.54, 1.807) is 20.0 Å². The molecular formula is C13H12N4O4S. The third-order valence-electron chi connectivity index (χ3n) is 2.92. The molecule has 9 heteroatoms. The van der Waals surface area contributed by atoms with Crippen molar-refractivity contribution in [3.05, 3.63) is 44.9 Å². The van der Waals surface area contributed by atoms with Crippen molar-refractivity contribution < 1.29 is 14.1 Å². The molecule has 0 aliphatic rings. The van der Waals surface area contributed by atoms with Gasteiger partial charge in [-0.25, -0.2) is 9.78 Å². The zero-order chi connectivity index (χ0) is 15.9. The van der Waals surface area contributed by atoms with Gasteiger partial charge in [-0.2, -0.15) is 4.98 Å². The molecule has 0 unspecified atom stereocenters. The lowest BCUT2D eigenvalue weighted by molar-refractivity contribution is 0.0262. The van der Waals surface area contributed by atoms with E-state index in [4.69, 9.17) is 9.26 Å². The Morgan fingerprint density at radius 3 is 2.91 bits per heavy atom. The first-order chi connectivity index (χ1) is 10.5. The number of fused-ring (bicyclic) bond motifs is 1. The van der Waals surface area contributed by atoms with Crippen LogP contribution in [0, 0.1) is 13.8 Å². The summed E-state index contributed by atoms with van der Waals surface area (Å²) in [7, 11) is 0. The van der Waals surface area contributed by atoms with E-state index >= 15 is 0 Å². The smallest absolute Gasteiger partial charge is 0.346 e. The quantitative estimate of drug-likeness (QED) is 0.677. The maximum absolute atomic E-state index is 12.3. The SMILES string of the molecule is Cc1noc([C@H](C)OC(=O)c2cnc3sc(C)cn3c2=O)n1. The highest BCUT2D eigenvalue weighted by molar-refractivity contribution is 7.16. The molecule has 3 rings (SSSR count). The second-order valence-corrected chi connectivity index (χ2v) is 5.91. The van der Waals surface area contributed by atoms with E-state index in [1.165, 1.54) is 21.9 Å². The van der Waals surface area contributed by atoms with Crippen LogP contribution in [-0.2, 0) is 4.74 Å². The van der Waals surface area contributed by atoms with Gasteiger partial charge < -0.3 is 9.26 Å². The van der Waals surface area contributed by atoms with Crippen LogP contribution in [0.5, 0.6) is 0 Å². The number of aromatic nitrogens is 4. The monoisotopic (exact) mass is 320 g/mol. The third kappa shape index (κ3) is 2.50. The Morgan fingerprint density at radius 1 is 1.45 bits per heavy atom. The number of ether oxygens (including phenoxy) is 1. The molecule has 0 saturated heterocycles. The molecule has 0 fully saturated rings. The predicted molar refractivity (Wildman–Crippen MR) is 76.9 cm³/mol. The molecule has 0 radical (unpaired) electrons. The van der Waals surface area contributed by atoms with E-state index in [-0.39, 0.29) is 11.5 Å². The Kier molecular flexibility index (Phi) is 3.49. The molecule has 0 bridgehead atoms. The van der Waals surface area contributed by atoms with Crippen LogP contribution >= 0.6 is 11.3 Å². The van der Waals surface area contributed by atoms with Crippen molar-refractivity contribution in [1.82, 2.24) is 19.5 Å². The molecule has 0 spiro atoms. The first-order valence-corrected chi connectivity index (χ1v) is 7.26. The fourth-order valence-corrected chi connectivity index (χ4v) is 2.67. The van der Waals surface area contributed by atoms with E-state index in [0.717, 1.165) is 4.88 Å². The van der Waals surface area contributed by atoms with Crippen LogP contribution < -0.4 is 5.56 Å². The van der Waals surface area contributed by atoms with Crippen molar-refractivity contribution in [1.29, 1.82) is 0 Å². The molecule has 0 N–H and O–H groups in total. The Bertz CT molecular complexity index is 910. The second kappa shape index (κ2) is 5.34. The number of rotatable bonds is 3. The molecule has 8 nitrogen and oxygen atoms in total. The minimum absolute atomic E-state index is 0.140. The number of hydrogen-bond acceptors (Lipinski definition) is 8. The minimum atomic E-state index is -0.779. The number of carbonyl (C=O) groups is 1. The highest BCUT2D eigenvalue weighted by Gasteiger charge is 2.22. The van der Waals surface area contributed by atoms with Gasteiger partial charge in [0, 0.05) is 11.1 Å². The first-order valence-electron chi connectivity index (χ1n) is 6.44.